The van der Waals surface area contributed by atoms with Crippen molar-refractivity contribution in [3.63, 3.8) is 0 Å². The third kappa shape index (κ3) is 3.61. The van der Waals surface area contributed by atoms with Gasteiger partial charge in [-0.3, -0.25) is 9.59 Å². The van der Waals surface area contributed by atoms with Crippen molar-refractivity contribution in [3.8, 4) is 0 Å². The third-order valence-corrected chi connectivity index (χ3v) is 4.08. The second kappa shape index (κ2) is 6.72. The number of hydrogen-bond donors (Lipinski definition) is 1. The standard InChI is InChI=1S/C16H17BrN2O2/c1-3-9-19-10-12(7-8-15(19)20)18-16(21)13-5-4-6-14(17)11(13)2/h4-8,10H,3,9H2,1-2H3,(H,18,21). The number of carbonyl (C=O) groups excluding carboxylic acids is 1. The van der Waals surface area contributed by atoms with Crippen LogP contribution in [0.25, 0.3) is 0 Å². The van der Waals surface area contributed by atoms with E-state index in [0.717, 1.165) is 16.5 Å². The number of hydrogen-bond acceptors (Lipinski definition) is 2. The predicted molar refractivity (Wildman–Crippen MR) is 87.8 cm³/mol. The van der Waals surface area contributed by atoms with Gasteiger partial charge >= 0.3 is 0 Å². The summed E-state index contributed by atoms with van der Waals surface area (Å²) < 4.78 is 2.50. The Labute approximate surface area is 131 Å². The van der Waals surface area contributed by atoms with Crippen molar-refractivity contribution in [2.45, 2.75) is 26.8 Å². The topological polar surface area (TPSA) is 51.1 Å². The lowest BCUT2D eigenvalue weighted by Crippen LogP contribution is -2.20. The smallest absolute Gasteiger partial charge is 0.256 e. The number of rotatable bonds is 4. The van der Waals surface area contributed by atoms with Gasteiger partial charge in [0.15, 0.2) is 0 Å². The number of carbonyl (C=O) groups is 1. The zero-order valence-corrected chi connectivity index (χ0v) is 13.6. The molecule has 0 fully saturated rings. The monoisotopic (exact) mass is 348 g/mol. The van der Waals surface area contributed by atoms with Crippen LogP contribution in [-0.4, -0.2) is 10.5 Å². The summed E-state index contributed by atoms with van der Waals surface area (Å²) >= 11 is 3.42. The Kier molecular flexibility index (Phi) is 4.96. The summed E-state index contributed by atoms with van der Waals surface area (Å²) in [6.45, 7) is 4.53. The lowest BCUT2D eigenvalue weighted by molar-refractivity contribution is 0.102. The summed E-state index contributed by atoms with van der Waals surface area (Å²) in [7, 11) is 0. The molecule has 5 heteroatoms. The number of aromatic nitrogens is 1. The zero-order valence-electron chi connectivity index (χ0n) is 12.0. The highest BCUT2D eigenvalue weighted by molar-refractivity contribution is 9.10. The zero-order chi connectivity index (χ0) is 15.4. The molecule has 0 spiro atoms. The van der Waals surface area contributed by atoms with Gasteiger partial charge in [-0.1, -0.05) is 28.9 Å². The minimum absolute atomic E-state index is 0.0616. The molecule has 0 radical (unpaired) electrons. The molecule has 21 heavy (non-hydrogen) atoms. The maximum absolute atomic E-state index is 12.3. The first kappa shape index (κ1) is 15.5. The van der Waals surface area contributed by atoms with Crippen LogP contribution in [0, 0.1) is 6.92 Å². The molecule has 1 amide bonds. The fraction of sp³-hybridized carbons (Fsp3) is 0.250. The maximum Gasteiger partial charge on any atom is 0.256 e. The van der Waals surface area contributed by atoms with Gasteiger partial charge in [0.05, 0.1) is 5.69 Å². The first-order valence-electron chi connectivity index (χ1n) is 6.80. The van der Waals surface area contributed by atoms with Crippen molar-refractivity contribution >= 4 is 27.5 Å². The molecule has 0 saturated heterocycles. The van der Waals surface area contributed by atoms with E-state index in [1.807, 2.05) is 26.0 Å². The van der Waals surface area contributed by atoms with Crippen LogP contribution in [0.3, 0.4) is 0 Å². The Morgan fingerprint density at radius 1 is 1.29 bits per heavy atom. The van der Waals surface area contributed by atoms with E-state index in [4.69, 9.17) is 0 Å². The molecular formula is C16H17BrN2O2. The van der Waals surface area contributed by atoms with Crippen molar-refractivity contribution < 1.29 is 4.79 Å². The molecule has 0 saturated carbocycles. The van der Waals surface area contributed by atoms with E-state index in [2.05, 4.69) is 21.2 Å². The van der Waals surface area contributed by atoms with Crippen molar-refractivity contribution in [3.05, 3.63) is 62.5 Å². The van der Waals surface area contributed by atoms with Crippen LogP contribution in [0.2, 0.25) is 0 Å². The molecule has 1 aromatic heterocycles. The highest BCUT2D eigenvalue weighted by Crippen LogP contribution is 2.20. The lowest BCUT2D eigenvalue weighted by atomic mass is 10.1. The Bertz CT molecular complexity index is 722. The molecule has 1 heterocycles. The number of aryl methyl sites for hydroxylation is 1. The minimum atomic E-state index is -0.185. The molecule has 1 N–H and O–H groups in total. The van der Waals surface area contributed by atoms with Crippen LogP contribution in [0.4, 0.5) is 5.69 Å². The Hall–Kier alpha value is -1.88. The molecule has 4 nitrogen and oxygen atoms in total. The van der Waals surface area contributed by atoms with Gasteiger partial charge < -0.3 is 9.88 Å². The second-order valence-corrected chi connectivity index (χ2v) is 5.67. The van der Waals surface area contributed by atoms with E-state index in [0.29, 0.717) is 17.8 Å². The summed E-state index contributed by atoms with van der Waals surface area (Å²) in [5.41, 5.74) is 2.05. The van der Waals surface area contributed by atoms with E-state index >= 15 is 0 Å². The fourth-order valence-corrected chi connectivity index (χ4v) is 2.44. The largest absolute Gasteiger partial charge is 0.321 e. The summed E-state index contributed by atoms with van der Waals surface area (Å²) in [6.07, 6.45) is 2.54. The molecular weight excluding hydrogens is 332 g/mol. The van der Waals surface area contributed by atoms with Crippen LogP contribution in [-0.2, 0) is 6.54 Å². The van der Waals surface area contributed by atoms with Crippen molar-refractivity contribution in [1.82, 2.24) is 4.57 Å². The number of amides is 1. The Morgan fingerprint density at radius 2 is 2.05 bits per heavy atom. The third-order valence-electron chi connectivity index (χ3n) is 3.22. The van der Waals surface area contributed by atoms with Crippen LogP contribution in [0.1, 0.15) is 29.3 Å². The molecule has 1 aromatic carbocycles. The van der Waals surface area contributed by atoms with Crippen LogP contribution in [0.5, 0.6) is 0 Å². The summed E-state index contributed by atoms with van der Waals surface area (Å²) in [5.74, 6) is -0.185. The summed E-state index contributed by atoms with van der Waals surface area (Å²) in [5, 5.41) is 2.83. The van der Waals surface area contributed by atoms with Crippen molar-refractivity contribution in [2.75, 3.05) is 5.32 Å². The summed E-state index contributed by atoms with van der Waals surface area (Å²) in [6, 6.07) is 8.59. The molecule has 2 aromatic rings. The minimum Gasteiger partial charge on any atom is -0.321 e. The number of nitrogens with zero attached hydrogens (tertiary/aromatic N) is 1. The summed E-state index contributed by atoms with van der Waals surface area (Å²) in [4.78, 5) is 24.0. The Morgan fingerprint density at radius 3 is 2.76 bits per heavy atom. The van der Waals surface area contributed by atoms with Crippen LogP contribution < -0.4 is 10.9 Å². The first-order chi connectivity index (χ1) is 10.0. The molecule has 0 unspecified atom stereocenters. The number of halogens is 1. The van der Waals surface area contributed by atoms with Gasteiger partial charge in [-0.2, -0.15) is 0 Å². The quantitative estimate of drug-likeness (QED) is 0.917. The average molecular weight is 349 g/mol. The van der Waals surface area contributed by atoms with Gasteiger partial charge in [0.1, 0.15) is 0 Å². The second-order valence-electron chi connectivity index (χ2n) is 4.82. The predicted octanol–water partition coefficient (Wildman–Crippen LogP) is 3.58. The van der Waals surface area contributed by atoms with E-state index in [1.165, 1.54) is 6.07 Å². The lowest BCUT2D eigenvalue weighted by Gasteiger charge is -2.10. The fourth-order valence-electron chi connectivity index (χ4n) is 2.07. The Balaban J connectivity index is 2.25. The number of pyridine rings is 1. The molecule has 0 aliphatic rings. The van der Waals surface area contributed by atoms with E-state index in [9.17, 15) is 9.59 Å². The van der Waals surface area contributed by atoms with E-state index < -0.39 is 0 Å². The van der Waals surface area contributed by atoms with Gasteiger partial charge in [0, 0.05) is 28.8 Å². The van der Waals surface area contributed by atoms with Crippen molar-refractivity contribution in [1.29, 1.82) is 0 Å². The molecule has 0 aliphatic carbocycles. The molecule has 2 rings (SSSR count). The van der Waals surface area contributed by atoms with Crippen LogP contribution in [0.15, 0.2) is 45.8 Å². The van der Waals surface area contributed by atoms with Gasteiger partial charge in [0.25, 0.3) is 11.5 Å². The normalized spacial score (nSPS) is 10.4. The molecule has 0 aliphatic heterocycles. The first-order valence-corrected chi connectivity index (χ1v) is 7.59. The van der Waals surface area contributed by atoms with Gasteiger partial charge in [-0.25, -0.2) is 0 Å². The molecule has 110 valence electrons. The average Bonchev–Trinajstić information content (AvgIpc) is 2.45. The van der Waals surface area contributed by atoms with Crippen molar-refractivity contribution in [2.24, 2.45) is 0 Å². The van der Waals surface area contributed by atoms with Gasteiger partial charge in [-0.05, 0) is 37.1 Å². The molecule has 0 bridgehead atoms. The van der Waals surface area contributed by atoms with Gasteiger partial charge in [-0.15, -0.1) is 0 Å². The van der Waals surface area contributed by atoms with Crippen LogP contribution >= 0.6 is 15.9 Å². The van der Waals surface area contributed by atoms with E-state index in [1.54, 1.807) is 22.9 Å². The maximum atomic E-state index is 12.3. The highest BCUT2D eigenvalue weighted by atomic mass is 79.9. The molecule has 0 atom stereocenters. The number of anilines is 1. The van der Waals surface area contributed by atoms with E-state index in [-0.39, 0.29) is 11.5 Å². The highest BCUT2D eigenvalue weighted by Gasteiger charge is 2.11. The number of nitrogens with one attached hydrogen (secondary N) is 1. The SMILES string of the molecule is CCCn1cc(NC(=O)c2cccc(Br)c2C)ccc1=O. The van der Waals surface area contributed by atoms with Gasteiger partial charge in [0.2, 0.25) is 0 Å². The number of benzene rings is 1.